The highest BCUT2D eigenvalue weighted by molar-refractivity contribution is 5.58. The summed E-state index contributed by atoms with van der Waals surface area (Å²) in [7, 11) is 0. The largest absolute Gasteiger partial charge is 0.487 e. The molecule has 0 fully saturated rings. The fourth-order valence-corrected chi connectivity index (χ4v) is 2.64. The molecule has 0 aliphatic rings. The van der Waals surface area contributed by atoms with E-state index in [9.17, 15) is 0 Å². The van der Waals surface area contributed by atoms with Crippen molar-refractivity contribution in [2.75, 3.05) is 0 Å². The molecule has 0 aromatic carbocycles. The summed E-state index contributed by atoms with van der Waals surface area (Å²) in [5, 5.41) is 6.83. The maximum Gasteiger partial charge on any atom is 0.176 e. The minimum absolute atomic E-state index is 0.0424. The number of nitrogens with zero attached hydrogens (tertiary/aromatic N) is 4. The van der Waals surface area contributed by atoms with Crippen molar-refractivity contribution in [3.05, 3.63) is 61.3 Å². The lowest BCUT2D eigenvalue weighted by Gasteiger charge is -2.16. The van der Waals surface area contributed by atoms with Gasteiger partial charge in [0.1, 0.15) is 17.5 Å². The smallest absolute Gasteiger partial charge is 0.176 e. The second kappa shape index (κ2) is 6.64. The quantitative estimate of drug-likeness (QED) is 0.584. The number of hydrogen-bond acceptors (Lipinski definition) is 5. The number of furan rings is 1. The van der Waals surface area contributed by atoms with E-state index in [1.54, 1.807) is 24.8 Å². The van der Waals surface area contributed by atoms with Gasteiger partial charge in [-0.15, -0.1) is 0 Å². The van der Waals surface area contributed by atoms with Crippen LogP contribution in [0.25, 0.3) is 23.0 Å². The van der Waals surface area contributed by atoms with Gasteiger partial charge in [-0.2, -0.15) is 5.10 Å². The Kier molecular flexibility index (Phi) is 4.04. The summed E-state index contributed by atoms with van der Waals surface area (Å²) in [5.41, 5.74) is 0.831. The van der Waals surface area contributed by atoms with Crippen molar-refractivity contribution in [1.82, 2.24) is 24.7 Å². The number of hydrogen-bond donors (Lipinski definition) is 1. The molecule has 7 heteroatoms. The van der Waals surface area contributed by atoms with Gasteiger partial charge in [-0.3, -0.25) is 10.1 Å². The van der Waals surface area contributed by atoms with E-state index in [-0.39, 0.29) is 6.10 Å². The van der Waals surface area contributed by atoms with E-state index in [4.69, 9.17) is 9.15 Å². The predicted molar refractivity (Wildman–Crippen MR) is 91.8 cm³/mol. The lowest BCUT2D eigenvalue weighted by molar-refractivity contribution is 0.199. The van der Waals surface area contributed by atoms with Crippen LogP contribution in [0, 0.1) is 0 Å². The van der Waals surface area contributed by atoms with Crippen molar-refractivity contribution in [1.29, 1.82) is 0 Å². The minimum atomic E-state index is -0.0424. The Morgan fingerprint density at radius 1 is 1.16 bits per heavy atom. The van der Waals surface area contributed by atoms with Gasteiger partial charge >= 0.3 is 0 Å². The Balaban J connectivity index is 1.51. The zero-order valence-electron chi connectivity index (χ0n) is 13.7. The second-order valence-corrected chi connectivity index (χ2v) is 5.65. The van der Waals surface area contributed by atoms with E-state index in [0.29, 0.717) is 12.3 Å². The Labute approximate surface area is 144 Å². The summed E-state index contributed by atoms with van der Waals surface area (Å²) < 4.78 is 13.8. The van der Waals surface area contributed by atoms with E-state index in [0.717, 1.165) is 23.0 Å². The number of pyridine rings is 1. The SMILES string of the molecule is C[C@H](Cn1ccnc1-c1ccc(-c2ccn[nH]2)o1)Oc1cccnc1. The van der Waals surface area contributed by atoms with E-state index in [1.165, 1.54) is 0 Å². The van der Waals surface area contributed by atoms with Crippen molar-refractivity contribution in [2.24, 2.45) is 0 Å². The molecule has 4 aromatic heterocycles. The van der Waals surface area contributed by atoms with E-state index >= 15 is 0 Å². The lowest BCUT2D eigenvalue weighted by Crippen LogP contribution is -2.19. The van der Waals surface area contributed by atoms with Gasteiger partial charge in [0.05, 0.1) is 12.7 Å². The van der Waals surface area contributed by atoms with Crippen LogP contribution in [-0.2, 0) is 6.54 Å². The van der Waals surface area contributed by atoms with Gasteiger partial charge in [0, 0.05) is 24.8 Å². The van der Waals surface area contributed by atoms with Gasteiger partial charge < -0.3 is 13.7 Å². The summed E-state index contributed by atoms with van der Waals surface area (Å²) in [6, 6.07) is 9.41. The van der Waals surface area contributed by atoms with Crippen LogP contribution in [0.2, 0.25) is 0 Å². The molecule has 1 N–H and O–H groups in total. The molecule has 0 aliphatic heterocycles. The molecule has 0 bridgehead atoms. The molecular weight excluding hydrogens is 318 g/mol. The van der Waals surface area contributed by atoms with Gasteiger partial charge in [-0.1, -0.05) is 0 Å². The topological polar surface area (TPSA) is 81.8 Å². The Bertz CT molecular complexity index is 927. The van der Waals surface area contributed by atoms with Crippen LogP contribution in [-0.4, -0.2) is 30.8 Å². The van der Waals surface area contributed by atoms with Crippen LogP contribution < -0.4 is 4.74 Å². The highest BCUT2D eigenvalue weighted by Crippen LogP contribution is 2.26. The van der Waals surface area contributed by atoms with Crippen LogP contribution in [0.4, 0.5) is 0 Å². The molecule has 0 unspecified atom stereocenters. The molecule has 4 heterocycles. The van der Waals surface area contributed by atoms with Crippen LogP contribution >= 0.6 is 0 Å². The first-order valence-electron chi connectivity index (χ1n) is 7.97. The summed E-state index contributed by atoms with van der Waals surface area (Å²) in [6.45, 7) is 2.65. The number of ether oxygens (including phenoxy) is 1. The number of imidazole rings is 1. The Hall–Kier alpha value is -3.35. The minimum Gasteiger partial charge on any atom is -0.487 e. The average Bonchev–Trinajstić information content (AvgIpc) is 3.36. The van der Waals surface area contributed by atoms with E-state index < -0.39 is 0 Å². The van der Waals surface area contributed by atoms with Gasteiger partial charge in [0.25, 0.3) is 0 Å². The molecule has 1 atom stereocenters. The maximum atomic E-state index is 5.91. The van der Waals surface area contributed by atoms with Crippen LogP contribution in [0.3, 0.4) is 0 Å². The first-order valence-corrected chi connectivity index (χ1v) is 7.97. The molecule has 0 saturated carbocycles. The zero-order valence-corrected chi connectivity index (χ0v) is 13.7. The number of nitrogens with one attached hydrogen (secondary N) is 1. The maximum absolute atomic E-state index is 5.91. The first kappa shape index (κ1) is 15.2. The standard InChI is InChI=1S/C18H17N5O2/c1-13(24-14-3-2-7-19-11-14)12-23-10-9-20-18(23)17-5-4-16(25-17)15-6-8-21-22-15/h2-11,13H,12H2,1H3,(H,21,22)/t13-/m1/s1. The fourth-order valence-electron chi connectivity index (χ4n) is 2.64. The molecule has 0 radical (unpaired) electrons. The summed E-state index contributed by atoms with van der Waals surface area (Å²) in [4.78, 5) is 8.48. The molecule has 4 rings (SSSR count). The van der Waals surface area contributed by atoms with Gasteiger partial charge in [-0.25, -0.2) is 4.98 Å². The predicted octanol–water partition coefficient (Wildman–Crippen LogP) is 3.40. The van der Waals surface area contributed by atoms with Crippen LogP contribution in [0.15, 0.2) is 65.7 Å². The third-order valence-corrected chi connectivity index (χ3v) is 3.73. The van der Waals surface area contributed by atoms with Crippen molar-refractivity contribution in [2.45, 2.75) is 19.6 Å². The molecule has 7 nitrogen and oxygen atoms in total. The van der Waals surface area contributed by atoms with Crippen LogP contribution in [0.5, 0.6) is 5.75 Å². The zero-order chi connectivity index (χ0) is 17.1. The average molecular weight is 335 g/mol. The van der Waals surface area contributed by atoms with E-state index in [1.807, 2.05) is 48.0 Å². The van der Waals surface area contributed by atoms with Gasteiger partial charge in [0.15, 0.2) is 17.3 Å². The molecule has 0 amide bonds. The van der Waals surface area contributed by atoms with Crippen molar-refractivity contribution in [3.63, 3.8) is 0 Å². The summed E-state index contributed by atoms with van der Waals surface area (Å²) in [5.74, 6) is 2.92. The molecule has 25 heavy (non-hydrogen) atoms. The van der Waals surface area contributed by atoms with Gasteiger partial charge in [-0.05, 0) is 37.3 Å². The number of H-pyrrole nitrogens is 1. The van der Waals surface area contributed by atoms with Gasteiger partial charge in [0.2, 0.25) is 0 Å². The molecular formula is C18H17N5O2. The van der Waals surface area contributed by atoms with Crippen LogP contribution in [0.1, 0.15) is 6.92 Å². The molecule has 0 aliphatic carbocycles. The molecule has 4 aromatic rings. The van der Waals surface area contributed by atoms with Crippen molar-refractivity contribution in [3.8, 4) is 28.8 Å². The second-order valence-electron chi connectivity index (χ2n) is 5.65. The lowest BCUT2D eigenvalue weighted by atomic mass is 10.3. The third kappa shape index (κ3) is 3.30. The normalized spacial score (nSPS) is 12.2. The number of aromatic nitrogens is 5. The molecule has 0 spiro atoms. The summed E-state index contributed by atoms with van der Waals surface area (Å²) in [6.07, 6.45) is 8.74. The fraction of sp³-hybridized carbons (Fsp3) is 0.167. The van der Waals surface area contributed by atoms with E-state index in [2.05, 4.69) is 20.2 Å². The highest BCUT2D eigenvalue weighted by Gasteiger charge is 2.15. The first-order chi connectivity index (χ1) is 12.3. The number of rotatable bonds is 6. The van der Waals surface area contributed by atoms with Crippen molar-refractivity contribution < 1.29 is 9.15 Å². The Morgan fingerprint density at radius 3 is 2.88 bits per heavy atom. The third-order valence-electron chi connectivity index (χ3n) is 3.73. The summed E-state index contributed by atoms with van der Waals surface area (Å²) >= 11 is 0. The molecule has 126 valence electrons. The van der Waals surface area contributed by atoms with Crippen molar-refractivity contribution >= 4 is 0 Å². The number of aromatic amines is 1. The monoisotopic (exact) mass is 335 g/mol. The highest BCUT2D eigenvalue weighted by atomic mass is 16.5. The molecule has 0 saturated heterocycles. The Morgan fingerprint density at radius 2 is 2.08 bits per heavy atom.